The first-order valence-corrected chi connectivity index (χ1v) is 8.47. The van der Waals surface area contributed by atoms with Crippen LogP contribution in [0, 0.1) is 0 Å². The third kappa shape index (κ3) is 3.31. The molecule has 0 unspecified atom stereocenters. The van der Waals surface area contributed by atoms with Crippen LogP contribution in [-0.2, 0) is 13.1 Å². The molecule has 0 aliphatic rings. The minimum absolute atomic E-state index is 0.479. The van der Waals surface area contributed by atoms with Crippen LogP contribution in [0.2, 0.25) is 5.02 Å². The molecule has 110 valence electrons. The molecule has 2 heterocycles. The maximum absolute atomic E-state index is 6.18. The quantitative estimate of drug-likeness (QED) is 0.708. The molecule has 2 aromatic heterocycles. The number of fused-ring (bicyclic) bond motifs is 1. The first-order valence-electron chi connectivity index (χ1n) is 7.15. The van der Waals surface area contributed by atoms with Crippen LogP contribution in [0.1, 0.15) is 25.0 Å². The standard InChI is InChI=1S/C17H19ClN2S/c1-12(2)19-8-14-10-20(9-13-5-6-21-11-13)17-7-15(18)3-4-16(14)17/h3-7,10-12,19H,8-9H2,1-2H3. The molecule has 0 aliphatic carbocycles. The van der Waals surface area contributed by atoms with Gasteiger partial charge < -0.3 is 9.88 Å². The average Bonchev–Trinajstić information content (AvgIpc) is 3.05. The maximum atomic E-state index is 6.18. The van der Waals surface area contributed by atoms with Gasteiger partial charge in [-0.15, -0.1) is 0 Å². The van der Waals surface area contributed by atoms with E-state index in [1.165, 1.54) is 22.0 Å². The van der Waals surface area contributed by atoms with Crippen molar-refractivity contribution >= 4 is 33.8 Å². The molecule has 0 radical (unpaired) electrons. The van der Waals surface area contributed by atoms with Crippen molar-refractivity contribution in [3.63, 3.8) is 0 Å². The van der Waals surface area contributed by atoms with Crippen LogP contribution in [0.25, 0.3) is 10.9 Å². The van der Waals surface area contributed by atoms with Crippen LogP contribution < -0.4 is 5.32 Å². The number of nitrogens with one attached hydrogen (secondary N) is 1. The molecule has 21 heavy (non-hydrogen) atoms. The number of benzene rings is 1. The van der Waals surface area contributed by atoms with Crippen molar-refractivity contribution in [3.05, 3.63) is 57.4 Å². The lowest BCUT2D eigenvalue weighted by Gasteiger charge is -2.06. The van der Waals surface area contributed by atoms with Gasteiger partial charge in [-0.1, -0.05) is 31.5 Å². The van der Waals surface area contributed by atoms with Crippen molar-refractivity contribution in [3.8, 4) is 0 Å². The summed E-state index contributed by atoms with van der Waals surface area (Å²) in [6.07, 6.45) is 2.24. The smallest absolute Gasteiger partial charge is 0.0501 e. The Morgan fingerprint density at radius 3 is 2.86 bits per heavy atom. The SMILES string of the molecule is CC(C)NCc1cn(Cc2ccsc2)c2cc(Cl)ccc12. The summed E-state index contributed by atoms with van der Waals surface area (Å²) < 4.78 is 2.29. The number of nitrogens with zero attached hydrogens (tertiary/aromatic N) is 1. The van der Waals surface area contributed by atoms with Crippen molar-refractivity contribution in [1.29, 1.82) is 0 Å². The Labute approximate surface area is 134 Å². The zero-order valence-electron chi connectivity index (χ0n) is 12.3. The topological polar surface area (TPSA) is 17.0 Å². The van der Waals surface area contributed by atoms with Gasteiger partial charge >= 0.3 is 0 Å². The summed E-state index contributed by atoms with van der Waals surface area (Å²) in [6, 6.07) is 8.80. The van der Waals surface area contributed by atoms with Crippen molar-refractivity contribution in [1.82, 2.24) is 9.88 Å². The van der Waals surface area contributed by atoms with Gasteiger partial charge in [-0.25, -0.2) is 0 Å². The zero-order chi connectivity index (χ0) is 14.8. The molecule has 0 bridgehead atoms. The molecule has 0 fully saturated rings. The largest absolute Gasteiger partial charge is 0.343 e. The van der Waals surface area contributed by atoms with E-state index < -0.39 is 0 Å². The van der Waals surface area contributed by atoms with Crippen LogP contribution in [0.5, 0.6) is 0 Å². The van der Waals surface area contributed by atoms with Gasteiger partial charge in [0, 0.05) is 35.7 Å². The van der Waals surface area contributed by atoms with E-state index in [0.29, 0.717) is 6.04 Å². The summed E-state index contributed by atoms with van der Waals surface area (Å²) >= 11 is 7.92. The minimum Gasteiger partial charge on any atom is -0.343 e. The monoisotopic (exact) mass is 318 g/mol. The second-order valence-corrected chi connectivity index (χ2v) is 6.83. The Morgan fingerprint density at radius 2 is 2.14 bits per heavy atom. The number of hydrogen-bond donors (Lipinski definition) is 1. The van der Waals surface area contributed by atoms with Gasteiger partial charge in [-0.2, -0.15) is 11.3 Å². The maximum Gasteiger partial charge on any atom is 0.0501 e. The molecule has 0 saturated carbocycles. The Balaban J connectivity index is 2.00. The number of thiophene rings is 1. The molecular formula is C17H19ClN2S. The van der Waals surface area contributed by atoms with Gasteiger partial charge in [0.2, 0.25) is 0 Å². The van der Waals surface area contributed by atoms with Gasteiger partial charge in [0.05, 0.1) is 5.52 Å². The molecule has 2 nitrogen and oxygen atoms in total. The predicted molar refractivity (Wildman–Crippen MR) is 92.3 cm³/mol. The number of halogens is 1. The Hall–Kier alpha value is -1.29. The third-order valence-corrected chi connectivity index (χ3v) is 4.53. The highest BCUT2D eigenvalue weighted by Crippen LogP contribution is 2.26. The fourth-order valence-corrected chi connectivity index (χ4v) is 3.33. The summed E-state index contributed by atoms with van der Waals surface area (Å²) in [5.74, 6) is 0. The van der Waals surface area contributed by atoms with E-state index >= 15 is 0 Å². The lowest BCUT2D eigenvalue weighted by molar-refractivity contribution is 0.589. The van der Waals surface area contributed by atoms with Gasteiger partial charge in [0.1, 0.15) is 0 Å². The van der Waals surface area contributed by atoms with E-state index in [1.54, 1.807) is 11.3 Å². The summed E-state index contributed by atoms with van der Waals surface area (Å²) in [5, 5.41) is 9.88. The summed E-state index contributed by atoms with van der Waals surface area (Å²) in [5.41, 5.74) is 3.86. The van der Waals surface area contributed by atoms with Crippen molar-refractivity contribution in [2.75, 3.05) is 0 Å². The first-order chi connectivity index (χ1) is 10.1. The predicted octanol–water partition coefficient (Wildman–Crippen LogP) is 4.90. The molecule has 3 rings (SSSR count). The van der Waals surface area contributed by atoms with Crippen LogP contribution in [0.4, 0.5) is 0 Å². The van der Waals surface area contributed by atoms with E-state index in [4.69, 9.17) is 11.6 Å². The molecule has 4 heteroatoms. The van der Waals surface area contributed by atoms with Crippen molar-refractivity contribution < 1.29 is 0 Å². The fraction of sp³-hybridized carbons (Fsp3) is 0.294. The average molecular weight is 319 g/mol. The summed E-state index contributed by atoms with van der Waals surface area (Å²) in [4.78, 5) is 0. The zero-order valence-corrected chi connectivity index (χ0v) is 13.8. The molecule has 0 saturated heterocycles. The summed E-state index contributed by atoms with van der Waals surface area (Å²) in [6.45, 7) is 6.11. The Kier molecular flexibility index (Phi) is 4.34. The van der Waals surface area contributed by atoms with E-state index in [0.717, 1.165) is 18.1 Å². The highest BCUT2D eigenvalue weighted by molar-refractivity contribution is 7.07. The fourth-order valence-electron chi connectivity index (χ4n) is 2.51. The Bertz CT molecular complexity index is 729. The normalized spacial score (nSPS) is 11.6. The van der Waals surface area contributed by atoms with Crippen molar-refractivity contribution in [2.45, 2.75) is 33.0 Å². The molecule has 3 aromatic rings. The van der Waals surface area contributed by atoms with Crippen molar-refractivity contribution in [2.24, 2.45) is 0 Å². The molecule has 1 aromatic carbocycles. The number of aromatic nitrogens is 1. The van der Waals surface area contributed by atoms with Crippen LogP contribution in [0.15, 0.2) is 41.2 Å². The first kappa shape index (κ1) is 14.6. The van der Waals surface area contributed by atoms with Gasteiger partial charge in [0.25, 0.3) is 0 Å². The Morgan fingerprint density at radius 1 is 1.29 bits per heavy atom. The molecule has 0 atom stereocenters. The van der Waals surface area contributed by atoms with Gasteiger partial charge in [-0.05, 0) is 40.1 Å². The highest BCUT2D eigenvalue weighted by atomic mass is 35.5. The third-order valence-electron chi connectivity index (χ3n) is 3.56. The lowest BCUT2D eigenvalue weighted by Crippen LogP contribution is -2.21. The van der Waals surface area contributed by atoms with Crippen LogP contribution >= 0.6 is 22.9 Å². The van der Waals surface area contributed by atoms with E-state index in [2.05, 4.69) is 58.9 Å². The molecule has 0 spiro atoms. The number of hydrogen-bond acceptors (Lipinski definition) is 2. The molecule has 0 aliphatic heterocycles. The van der Waals surface area contributed by atoms with E-state index in [-0.39, 0.29) is 0 Å². The number of rotatable bonds is 5. The molecule has 1 N–H and O–H groups in total. The van der Waals surface area contributed by atoms with Crippen LogP contribution in [0.3, 0.4) is 0 Å². The molecule has 0 amide bonds. The minimum atomic E-state index is 0.479. The lowest BCUT2D eigenvalue weighted by atomic mass is 10.1. The van der Waals surface area contributed by atoms with Gasteiger partial charge in [0.15, 0.2) is 0 Å². The second-order valence-electron chi connectivity index (χ2n) is 5.61. The van der Waals surface area contributed by atoms with E-state index in [9.17, 15) is 0 Å². The van der Waals surface area contributed by atoms with Crippen LogP contribution in [-0.4, -0.2) is 10.6 Å². The van der Waals surface area contributed by atoms with Gasteiger partial charge in [-0.3, -0.25) is 0 Å². The van der Waals surface area contributed by atoms with E-state index in [1.807, 2.05) is 6.07 Å². The highest BCUT2D eigenvalue weighted by Gasteiger charge is 2.10. The second kappa shape index (κ2) is 6.22. The summed E-state index contributed by atoms with van der Waals surface area (Å²) in [7, 11) is 0. The molecular weight excluding hydrogens is 300 g/mol.